The van der Waals surface area contributed by atoms with E-state index in [1.54, 1.807) is 12.4 Å². The van der Waals surface area contributed by atoms with E-state index in [0.29, 0.717) is 24.9 Å². The molecule has 3 heterocycles. The second-order valence-corrected chi connectivity index (χ2v) is 6.85. The monoisotopic (exact) mass is 382 g/mol. The van der Waals surface area contributed by atoms with E-state index in [0.717, 1.165) is 17.4 Å². The highest BCUT2D eigenvalue weighted by Gasteiger charge is 2.30. The number of nitrogens with one attached hydrogen (secondary N) is 2. The molecule has 2 atom stereocenters. The van der Waals surface area contributed by atoms with E-state index >= 15 is 0 Å². The minimum absolute atomic E-state index is 0.119. The first-order valence-electron chi connectivity index (χ1n) is 9.15. The summed E-state index contributed by atoms with van der Waals surface area (Å²) in [4.78, 5) is 16.0. The molecule has 2 N–H and O–H groups in total. The van der Waals surface area contributed by atoms with Crippen LogP contribution < -0.4 is 10.6 Å². The van der Waals surface area contributed by atoms with E-state index in [4.69, 9.17) is 0 Å². The molecule has 1 aliphatic rings. The first-order chi connectivity index (χ1) is 13.6. The number of rotatable bonds is 5. The van der Waals surface area contributed by atoms with Crippen molar-refractivity contribution >= 4 is 5.91 Å². The van der Waals surface area contributed by atoms with Gasteiger partial charge in [0.15, 0.2) is 0 Å². The lowest BCUT2D eigenvalue weighted by Gasteiger charge is -2.33. The van der Waals surface area contributed by atoms with E-state index in [-0.39, 0.29) is 11.9 Å². The molecule has 1 aliphatic heterocycles. The van der Waals surface area contributed by atoms with Crippen LogP contribution in [0.25, 0.3) is 5.69 Å². The summed E-state index contributed by atoms with van der Waals surface area (Å²) in [6.45, 7) is 0.538. The molecule has 2 aromatic heterocycles. The van der Waals surface area contributed by atoms with Crippen molar-refractivity contribution in [1.82, 2.24) is 20.2 Å². The van der Waals surface area contributed by atoms with Crippen LogP contribution in [0.1, 0.15) is 30.1 Å². The molecule has 1 amide bonds. The number of aromatic nitrogens is 2. The Balaban J connectivity index is 1.53. The summed E-state index contributed by atoms with van der Waals surface area (Å²) in [6.07, 6.45) is 6.41. The summed E-state index contributed by atoms with van der Waals surface area (Å²) >= 11 is 0. The lowest BCUT2D eigenvalue weighted by molar-refractivity contribution is -0.123. The third kappa shape index (κ3) is 3.94. The molecule has 0 radical (unpaired) electrons. The molecular weight excluding hydrogens is 362 g/mol. The van der Waals surface area contributed by atoms with Crippen molar-refractivity contribution in [2.75, 3.05) is 0 Å². The maximum absolute atomic E-state index is 13.7. The minimum Gasteiger partial charge on any atom is -0.348 e. The maximum Gasteiger partial charge on any atom is 0.220 e. The van der Waals surface area contributed by atoms with Crippen molar-refractivity contribution in [3.05, 3.63) is 83.9 Å². The van der Waals surface area contributed by atoms with Gasteiger partial charge in [-0.2, -0.15) is 0 Å². The molecule has 5 nitrogen and oxygen atoms in total. The molecule has 0 bridgehead atoms. The fourth-order valence-electron chi connectivity index (χ4n) is 3.63. The predicted molar refractivity (Wildman–Crippen MR) is 101 cm³/mol. The fraction of sp³-hybridized carbons (Fsp3) is 0.238. The van der Waals surface area contributed by atoms with Crippen LogP contribution in [0.3, 0.4) is 0 Å². The van der Waals surface area contributed by atoms with Crippen LogP contribution in [0.15, 0.2) is 61.1 Å². The first-order valence-corrected chi connectivity index (χ1v) is 9.15. The van der Waals surface area contributed by atoms with Gasteiger partial charge in [0.05, 0.1) is 17.9 Å². The number of hydrogen-bond donors (Lipinski definition) is 2. The summed E-state index contributed by atoms with van der Waals surface area (Å²) in [6, 6.07) is 10.5. The SMILES string of the molecule is O=C1CC[C@@H](NCc2cccn2-c2cccnc2)[C@H](c2cc(F)cc(F)c2)N1. The first kappa shape index (κ1) is 18.3. The van der Waals surface area contributed by atoms with Crippen LogP contribution in [-0.4, -0.2) is 21.5 Å². The van der Waals surface area contributed by atoms with Gasteiger partial charge < -0.3 is 15.2 Å². The van der Waals surface area contributed by atoms with Crippen molar-refractivity contribution in [3.8, 4) is 5.69 Å². The molecule has 144 valence electrons. The van der Waals surface area contributed by atoms with Gasteiger partial charge in [0, 0.05) is 43.2 Å². The fourth-order valence-corrected chi connectivity index (χ4v) is 3.63. The molecule has 7 heteroatoms. The summed E-state index contributed by atoms with van der Waals surface area (Å²) in [5, 5.41) is 6.30. The molecule has 0 unspecified atom stereocenters. The van der Waals surface area contributed by atoms with Crippen LogP contribution in [0, 0.1) is 11.6 Å². The summed E-state index contributed by atoms with van der Waals surface area (Å²) in [5.74, 6) is -1.43. The van der Waals surface area contributed by atoms with E-state index in [9.17, 15) is 13.6 Å². The van der Waals surface area contributed by atoms with Gasteiger partial charge in [-0.15, -0.1) is 0 Å². The zero-order chi connectivity index (χ0) is 19.5. The van der Waals surface area contributed by atoms with Crippen molar-refractivity contribution in [2.24, 2.45) is 0 Å². The topological polar surface area (TPSA) is 59.0 Å². The predicted octanol–water partition coefficient (Wildman–Crippen LogP) is 3.26. The van der Waals surface area contributed by atoms with Crippen LogP contribution >= 0.6 is 0 Å². The van der Waals surface area contributed by atoms with Crippen molar-refractivity contribution in [1.29, 1.82) is 0 Å². The molecular formula is C21H20F2N4O. The second-order valence-electron chi connectivity index (χ2n) is 6.85. The number of amides is 1. The van der Waals surface area contributed by atoms with Crippen LogP contribution in [0.5, 0.6) is 0 Å². The molecule has 0 saturated carbocycles. The molecule has 0 spiro atoms. The molecule has 4 rings (SSSR count). The van der Waals surface area contributed by atoms with Gasteiger partial charge in [-0.3, -0.25) is 9.78 Å². The average Bonchev–Trinajstić information content (AvgIpc) is 3.15. The number of benzene rings is 1. The number of piperidine rings is 1. The van der Waals surface area contributed by atoms with Gasteiger partial charge in [0.25, 0.3) is 0 Å². The van der Waals surface area contributed by atoms with Gasteiger partial charge in [-0.25, -0.2) is 8.78 Å². The summed E-state index contributed by atoms with van der Waals surface area (Å²) in [7, 11) is 0. The van der Waals surface area contributed by atoms with Crippen LogP contribution in [0.2, 0.25) is 0 Å². The second kappa shape index (κ2) is 7.90. The number of pyridine rings is 1. The normalized spacial score (nSPS) is 19.4. The Morgan fingerprint density at radius 3 is 2.75 bits per heavy atom. The Labute approximate surface area is 161 Å². The van der Waals surface area contributed by atoms with Crippen LogP contribution in [-0.2, 0) is 11.3 Å². The zero-order valence-corrected chi connectivity index (χ0v) is 15.1. The Morgan fingerprint density at radius 1 is 1.18 bits per heavy atom. The number of nitrogens with zero attached hydrogens (tertiary/aromatic N) is 2. The maximum atomic E-state index is 13.7. The van der Waals surface area contributed by atoms with Crippen molar-refractivity contribution in [3.63, 3.8) is 0 Å². The standard InChI is InChI=1S/C21H20F2N4O/c22-15-9-14(10-16(23)11-15)21-19(5-6-20(28)26-21)25-13-18-4-2-8-27(18)17-3-1-7-24-12-17/h1-4,7-12,19,21,25H,5-6,13H2,(H,26,28)/t19-,21+/m1/s1. The molecule has 1 fully saturated rings. The highest BCUT2D eigenvalue weighted by Crippen LogP contribution is 2.26. The molecule has 1 aromatic carbocycles. The Morgan fingerprint density at radius 2 is 2.00 bits per heavy atom. The smallest absolute Gasteiger partial charge is 0.220 e. The van der Waals surface area contributed by atoms with E-state index in [2.05, 4.69) is 15.6 Å². The molecule has 0 aliphatic carbocycles. The molecule has 28 heavy (non-hydrogen) atoms. The number of halogens is 2. The van der Waals surface area contributed by atoms with E-state index in [1.807, 2.05) is 35.0 Å². The van der Waals surface area contributed by atoms with Crippen molar-refractivity contribution in [2.45, 2.75) is 31.5 Å². The largest absolute Gasteiger partial charge is 0.348 e. The molecule has 3 aromatic rings. The highest BCUT2D eigenvalue weighted by molar-refractivity contribution is 5.77. The summed E-state index contributed by atoms with van der Waals surface area (Å²) in [5.41, 5.74) is 2.39. The van der Waals surface area contributed by atoms with Crippen molar-refractivity contribution < 1.29 is 13.6 Å². The lowest BCUT2D eigenvalue weighted by Crippen LogP contribution is -2.48. The highest BCUT2D eigenvalue weighted by atomic mass is 19.1. The number of carbonyl (C=O) groups excluding carboxylic acids is 1. The van der Waals surface area contributed by atoms with Crippen LogP contribution in [0.4, 0.5) is 8.78 Å². The quantitative estimate of drug-likeness (QED) is 0.712. The van der Waals surface area contributed by atoms with Gasteiger partial charge in [-0.1, -0.05) is 0 Å². The Kier molecular flexibility index (Phi) is 5.16. The third-order valence-corrected chi connectivity index (χ3v) is 4.95. The lowest BCUT2D eigenvalue weighted by atomic mass is 9.91. The van der Waals surface area contributed by atoms with E-state index in [1.165, 1.54) is 12.1 Å². The minimum atomic E-state index is -0.654. The molecule has 1 saturated heterocycles. The third-order valence-electron chi connectivity index (χ3n) is 4.95. The number of carbonyl (C=O) groups is 1. The summed E-state index contributed by atoms with van der Waals surface area (Å²) < 4.78 is 29.4. The Hall–Kier alpha value is -3.06. The average molecular weight is 382 g/mol. The van der Waals surface area contributed by atoms with Gasteiger partial charge in [-0.05, 0) is 48.4 Å². The van der Waals surface area contributed by atoms with Gasteiger partial charge in [0.1, 0.15) is 11.6 Å². The number of hydrogen-bond acceptors (Lipinski definition) is 3. The van der Waals surface area contributed by atoms with Gasteiger partial charge >= 0.3 is 0 Å². The zero-order valence-electron chi connectivity index (χ0n) is 15.1. The van der Waals surface area contributed by atoms with Gasteiger partial charge in [0.2, 0.25) is 5.91 Å². The Bertz CT molecular complexity index is 953. The van der Waals surface area contributed by atoms with E-state index < -0.39 is 17.7 Å².